The molecule has 0 N–H and O–H groups in total. The van der Waals surface area contributed by atoms with Crippen molar-refractivity contribution in [1.82, 2.24) is 10.1 Å². The van der Waals surface area contributed by atoms with Crippen LogP contribution in [0.5, 0.6) is 0 Å². The summed E-state index contributed by atoms with van der Waals surface area (Å²) < 4.78 is 41.5. The number of aromatic nitrogens is 2. The zero-order valence-corrected chi connectivity index (χ0v) is 7.32. The maximum atomic E-state index is 12.3. The number of halogens is 3. The van der Waals surface area contributed by atoms with E-state index in [0.717, 1.165) is 12.3 Å². The molecule has 0 saturated heterocycles. The molecule has 78 valence electrons. The molecule has 2 rings (SSSR count). The zero-order chi connectivity index (χ0) is 10.9. The first-order valence-electron chi connectivity index (χ1n) is 4.00. The first-order chi connectivity index (χ1) is 7.07. The van der Waals surface area contributed by atoms with E-state index in [1.54, 1.807) is 0 Å². The lowest BCUT2D eigenvalue weighted by atomic mass is 10.1. The Kier molecular flexibility index (Phi) is 2.18. The Balaban J connectivity index is 2.44. The van der Waals surface area contributed by atoms with E-state index in [1.165, 1.54) is 18.5 Å². The second-order valence-electron chi connectivity index (χ2n) is 2.84. The van der Waals surface area contributed by atoms with E-state index in [1.807, 2.05) is 0 Å². The number of nitrogens with zero attached hydrogens (tertiary/aromatic N) is 2. The van der Waals surface area contributed by atoms with Gasteiger partial charge in [-0.3, -0.25) is 4.98 Å². The molecular formula is C9H5F3N2O. The van der Waals surface area contributed by atoms with Gasteiger partial charge in [0.15, 0.2) is 0 Å². The summed E-state index contributed by atoms with van der Waals surface area (Å²) in [6.45, 7) is 0. The quantitative estimate of drug-likeness (QED) is 0.732. The van der Waals surface area contributed by atoms with Crippen LogP contribution in [0.1, 0.15) is 5.56 Å². The highest BCUT2D eigenvalue weighted by Gasteiger charge is 2.31. The van der Waals surface area contributed by atoms with E-state index in [4.69, 9.17) is 0 Å². The van der Waals surface area contributed by atoms with Crippen LogP contribution in [0.3, 0.4) is 0 Å². The van der Waals surface area contributed by atoms with Gasteiger partial charge in [-0.1, -0.05) is 5.16 Å². The van der Waals surface area contributed by atoms with Crippen molar-refractivity contribution < 1.29 is 17.7 Å². The summed E-state index contributed by atoms with van der Waals surface area (Å²) in [5.41, 5.74) is -0.199. The van der Waals surface area contributed by atoms with E-state index < -0.39 is 11.7 Å². The molecule has 0 saturated carbocycles. The molecule has 0 atom stereocenters. The van der Waals surface area contributed by atoms with Crippen molar-refractivity contribution in [2.75, 3.05) is 0 Å². The standard InChI is InChI=1S/C9H5F3N2O/c10-9(11,12)7-3-6(4-13-5-7)8-1-2-15-14-8/h1-5H. The van der Waals surface area contributed by atoms with Crippen LogP contribution in [0.25, 0.3) is 11.3 Å². The topological polar surface area (TPSA) is 38.9 Å². The van der Waals surface area contributed by atoms with Crippen molar-refractivity contribution in [3.63, 3.8) is 0 Å². The third-order valence-electron chi connectivity index (χ3n) is 1.80. The third-order valence-corrected chi connectivity index (χ3v) is 1.80. The second kappa shape index (κ2) is 3.38. The van der Waals surface area contributed by atoms with Crippen LogP contribution in [-0.2, 0) is 6.18 Å². The monoisotopic (exact) mass is 214 g/mol. The Morgan fingerprint density at radius 3 is 2.60 bits per heavy atom. The van der Waals surface area contributed by atoms with Gasteiger partial charge in [0.05, 0.1) is 5.56 Å². The highest BCUT2D eigenvalue weighted by Crippen LogP contribution is 2.30. The first kappa shape index (κ1) is 9.70. The first-order valence-corrected chi connectivity index (χ1v) is 4.00. The molecule has 0 aliphatic carbocycles. The fourth-order valence-electron chi connectivity index (χ4n) is 1.10. The normalized spacial score (nSPS) is 11.7. The molecule has 0 spiro atoms. The molecule has 0 unspecified atom stereocenters. The SMILES string of the molecule is FC(F)(F)c1cncc(-c2ccon2)c1. The van der Waals surface area contributed by atoms with E-state index in [-0.39, 0.29) is 5.56 Å². The number of hydrogen-bond acceptors (Lipinski definition) is 3. The largest absolute Gasteiger partial charge is 0.417 e. The molecule has 0 aliphatic rings. The Labute approximate surface area is 82.5 Å². The Hall–Kier alpha value is -1.85. The molecular weight excluding hydrogens is 209 g/mol. The second-order valence-corrected chi connectivity index (χ2v) is 2.84. The molecule has 0 amide bonds. The predicted octanol–water partition coefficient (Wildman–Crippen LogP) is 2.76. The molecule has 3 nitrogen and oxygen atoms in total. The van der Waals surface area contributed by atoms with Gasteiger partial charge in [0.2, 0.25) is 0 Å². The van der Waals surface area contributed by atoms with Crippen molar-refractivity contribution in [2.45, 2.75) is 6.18 Å². The number of pyridine rings is 1. The van der Waals surface area contributed by atoms with Crippen LogP contribution in [0.4, 0.5) is 13.2 Å². The molecule has 0 aliphatic heterocycles. The molecule has 0 aromatic carbocycles. The van der Waals surface area contributed by atoms with Gasteiger partial charge >= 0.3 is 6.18 Å². The van der Waals surface area contributed by atoms with Crippen LogP contribution in [0.15, 0.2) is 35.3 Å². The fourth-order valence-corrected chi connectivity index (χ4v) is 1.10. The van der Waals surface area contributed by atoms with Crippen molar-refractivity contribution in [1.29, 1.82) is 0 Å². The summed E-state index contributed by atoms with van der Waals surface area (Å²) in [5.74, 6) is 0. The average Bonchev–Trinajstić information content (AvgIpc) is 2.69. The molecule has 15 heavy (non-hydrogen) atoms. The van der Waals surface area contributed by atoms with Crippen molar-refractivity contribution in [3.8, 4) is 11.3 Å². The van der Waals surface area contributed by atoms with Gasteiger partial charge in [-0.05, 0) is 6.07 Å². The average molecular weight is 214 g/mol. The molecule has 2 aromatic rings. The molecule has 0 radical (unpaired) electrons. The maximum absolute atomic E-state index is 12.3. The summed E-state index contributed by atoms with van der Waals surface area (Å²) in [5, 5.41) is 3.53. The Bertz CT molecular complexity index is 451. The molecule has 0 bridgehead atoms. The Morgan fingerprint density at radius 2 is 2.00 bits per heavy atom. The van der Waals surface area contributed by atoms with Crippen molar-refractivity contribution in [2.24, 2.45) is 0 Å². The molecule has 2 heterocycles. The fraction of sp³-hybridized carbons (Fsp3) is 0.111. The van der Waals surface area contributed by atoms with Crippen LogP contribution in [-0.4, -0.2) is 10.1 Å². The minimum Gasteiger partial charge on any atom is -0.364 e. The van der Waals surface area contributed by atoms with Crippen LogP contribution < -0.4 is 0 Å². The molecule has 6 heteroatoms. The number of hydrogen-bond donors (Lipinski definition) is 0. The van der Waals surface area contributed by atoms with Crippen LogP contribution >= 0.6 is 0 Å². The van der Waals surface area contributed by atoms with E-state index in [2.05, 4.69) is 14.7 Å². The summed E-state index contributed by atoms with van der Waals surface area (Å²) in [6, 6.07) is 2.45. The summed E-state index contributed by atoms with van der Waals surface area (Å²) in [7, 11) is 0. The predicted molar refractivity (Wildman–Crippen MR) is 44.7 cm³/mol. The lowest BCUT2D eigenvalue weighted by Crippen LogP contribution is -2.05. The smallest absolute Gasteiger partial charge is 0.364 e. The number of rotatable bonds is 1. The molecule has 2 aromatic heterocycles. The minimum absolute atomic E-state index is 0.276. The highest BCUT2D eigenvalue weighted by atomic mass is 19.4. The van der Waals surface area contributed by atoms with Gasteiger partial charge in [-0.15, -0.1) is 0 Å². The lowest BCUT2D eigenvalue weighted by Gasteiger charge is -2.06. The van der Waals surface area contributed by atoms with Gasteiger partial charge in [0.1, 0.15) is 12.0 Å². The van der Waals surface area contributed by atoms with E-state index in [9.17, 15) is 13.2 Å². The van der Waals surface area contributed by atoms with Gasteiger partial charge in [-0.25, -0.2) is 0 Å². The highest BCUT2D eigenvalue weighted by molar-refractivity contribution is 5.57. The lowest BCUT2D eigenvalue weighted by molar-refractivity contribution is -0.137. The van der Waals surface area contributed by atoms with E-state index >= 15 is 0 Å². The van der Waals surface area contributed by atoms with Crippen molar-refractivity contribution >= 4 is 0 Å². The zero-order valence-electron chi connectivity index (χ0n) is 7.32. The van der Waals surface area contributed by atoms with Crippen molar-refractivity contribution in [3.05, 3.63) is 36.4 Å². The van der Waals surface area contributed by atoms with Gasteiger partial charge in [0, 0.05) is 24.0 Å². The number of alkyl halides is 3. The maximum Gasteiger partial charge on any atom is 0.417 e. The third kappa shape index (κ3) is 1.98. The van der Waals surface area contributed by atoms with Gasteiger partial charge in [0.25, 0.3) is 0 Å². The Morgan fingerprint density at radius 1 is 1.20 bits per heavy atom. The van der Waals surface area contributed by atoms with Gasteiger partial charge < -0.3 is 4.52 Å². The van der Waals surface area contributed by atoms with E-state index in [0.29, 0.717) is 5.69 Å². The van der Waals surface area contributed by atoms with Gasteiger partial charge in [-0.2, -0.15) is 13.2 Å². The summed E-state index contributed by atoms with van der Waals surface area (Å²) in [6.07, 6.45) is -1.04. The van der Waals surface area contributed by atoms with Crippen LogP contribution in [0, 0.1) is 0 Å². The van der Waals surface area contributed by atoms with Crippen LogP contribution in [0.2, 0.25) is 0 Å². The molecule has 0 fully saturated rings. The minimum atomic E-state index is -4.40. The summed E-state index contributed by atoms with van der Waals surface area (Å²) >= 11 is 0. The summed E-state index contributed by atoms with van der Waals surface area (Å²) in [4.78, 5) is 3.51.